The summed E-state index contributed by atoms with van der Waals surface area (Å²) in [5.74, 6) is 0.631. The van der Waals surface area contributed by atoms with Gasteiger partial charge in [0.15, 0.2) is 0 Å². The number of nitrogens with zero attached hydrogens (tertiary/aromatic N) is 2. The van der Waals surface area contributed by atoms with Crippen LogP contribution in [0.1, 0.15) is 12.5 Å². The Kier molecular flexibility index (Phi) is 5.08. The van der Waals surface area contributed by atoms with Crippen LogP contribution < -0.4 is 19.2 Å². The molecule has 0 spiro atoms. The van der Waals surface area contributed by atoms with E-state index in [1.807, 2.05) is 31.2 Å². The summed E-state index contributed by atoms with van der Waals surface area (Å²) in [5.41, 5.74) is 8.09. The summed E-state index contributed by atoms with van der Waals surface area (Å²) in [6.45, 7) is 2.46. The summed E-state index contributed by atoms with van der Waals surface area (Å²) in [4.78, 5) is 4.40. The predicted molar refractivity (Wildman–Crippen MR) is 101 cm³/mol. The Morgan fingerprint density at radius 1 is 1.33 bits per heavy atom. The van der Waals surface area contributed by atoms with Gasteiger partial charge in [0.25, 0.3) is 0 Å². The number of nitrogens with two attached hydrogens (primary N) is 1. The van der Waals surface area contributed by atoms with Gasteiger partial charge in [0.05, 0.1) is 0 Å². The maximum absolute atomic E-state index is 9.48. The van der Waals surface area contributed by atoms with E-state index in [1.54, 1.807) is 6.20 Å². The molecule has 3 rings (SSSR count). The average molecular weight is 443 g/mol. The fourth-order valence-corrected chi connectivity index (χ4v) is 5.58. The van der Waals surface area contributed by atoms with Crippen molar-refractivity contribution in [3.63, 3.8) is 0 Å². The van der Waals surface area contributed by atoms with Gasteiger partial charge in [-0.15, -0.1) is 0 Å². The van der Waals surface area contributed by atoms with Crippen molar-refractivity contribution in [1.82, 2.24) is 4.98 Å². The van der Waals surface area contributed by atoms with E-state index in [0.717, 1.165) is 19.7 Å². The van der Waals surface area contributed by atoms with E-state index in [9.17, 15) is 5.26 Å². The summed E-state index contributed by atoms with van der Waals surface area (Å²) >= 11 is 3.14. The first kappa shape index (κ1) is 16.8. The molecule has 24 heavy (non-hydrogen) atoms. The molecule has 0 aliphatic carbocycles. The monoisotopic (exact) mass is 442 g/mol. The predicted octanol–water partition coefficient (Wildman–Crippen LogP) is 2.50. The van der Waals surface area contributed by atoms with Crippen LogP contribution in [-0.2, 0) is 0 Å². The molecule has 2 N–H and O–H groups in total. The quantitative estimate of drug-likeness (QED) is 0.497. The number of anilines is 1. The van der Waals surface area contributed by atoms with Crippen LogP contribution in [0.25, 0.3) is 10.9 Å². The molecule has 0 saturated carbocycles. The number of rotatable bonds is 4. The molecule has 0 aliphatic rings. The summed E-state index contributed by atoms with van der Waals surface area (Å²) in [5, 5.41) is 10.4. The summed E-state index contributed by atoms with van der Waals surface area (Å²) in [6.07, 6.45) is 1.64. The number of benzene rings is 2. The third-order valence-corrected chi connectivity index (χ3v) is 6.54. The molecule has 1 aromatic heterocycles. The van der Waals surface area contributed by atoms with Gasteiger partial charge in [-0.2, -0.15) is 0 Å². The molecule has 6 heteroatoms. The van der Waals surface area contributed by atoms with Crippen LogP contribution in [0.5, 0.6) is 5.75 Å². The number of pyridine rings is 1. The van der Waals surface area contributed by atoms with Crippen molar-refractivity contribution in [3.8, 4) is 11.8 Å². The molecule has 119 valence electrons. The van der Waals surface area contributed by atoms with Crippen LogP contribution in [0.3, 0.4) is 0 Å². The molecule has 3 aromatic rings. The third kappa shape index (κ3) is 3.40. The molecule has 1 heterocycles. The Bertz CT molecular complexity index is 953. The molecule has 0 bridgehead atoms. The summed E-state index contributed by atoms with van der Waals surface area (Å²) < 4.78 is 8.80. The van der Waals surface area contributed by atoms with Crippen LogP contribution in [-0.4, -0.2) is 27.3 Å². The number of aromatic nitrogens is 1. The molecule has 0 amide bonds. The molecule has 0 saturated heterocycles. The number of nitriles is 1. The van der Waals surface area contributed by atoms with Gasteiger partial charge >= 0.3 is 156 Å². The van der Waals surface area contributed by atoms with Crippen molar-refractivity contribution >= 4 is 57.0 Å². The van der Waals surface area contributed by atoms with E-state index in [2.05, 4.69) is 39.1 Å². The standard InChI is InChI=1S/C18H14AsBrN3O/c1-2-24-17-8-16-14(7-15(17)22)18(11(9-21)10-23-16)19-12-4-3-5-13(20)6-12/h3-8,10H,2,22H2,1H3. The Morgan fingerprint density at radius 2 is 2.17 bits per heavy atom. The van der Waals surface area contributed by atoms with Crippen LogP contribution in [0.15, 0.2) is 47.1 Å². The minimum absolute atomic E-state index is 0.365. The Hall–Kier alpha value is -2.02. The van der Waals surface area contributed by atoms with Crippen molar-refractivity contribution in [2.45, 2.75) is 6.92 Å². The van der Waals surface area contributed by atoms with E-state index < -0.39 is 0 Å². The molecular formula is C18H14AsBrN3O. The zero-order valence-electron chi connectivity index (χ0n) is 13.0. The topological polar surface area (TPSA) is 71.9 Å². The number of nitrogen functional groups attached to an aromatic ring is 1. The number of fused-ring (bicyclic) bond motifs is 1. The van der Waals surface area contributed by atoms with Crippen LogP contribution >= 0.6 is 15.9 Å². The van der Waals surface area contributed by atoms with Gasteiger partial charge < -0.3 is 0 Å². The summed E-state index contributed by atoms with van der Waals surface area (Å²) in [6, 6.07) is 14.1. The third-order valence-electron chi connectivity index (χ3n) is 3.44. The molecule has 0 atom stereocenters. The van der Waals surface area contributed by atoms with Gasteiger partial charge in [0.2, 0.25) is 0 Å². The van der Waals surface area contributed by atoms with Crippen LogP contribution in [0.4, 0.5) is 5.69 Å². The normalized spacial score (nSPS) is 11.0. The van der Waals surface area contributed by atoms with Gasteiger partial charge in [0, 0.05) is 0 Å². The Morgan fingerprint density at radius 3 is 2.88 bits per heavy atom. The van der Waals surface area contributed by atoms with Gasteiger partial charge in [-0.3, -0.25) is 0 Å². The Labute approximate surface area is 155 Å². The van der Waals surface area contributed by atoms with Gasteiger partial charge in [-0.05, 0) is 0 Å². The van der Waals surface area contributed by atoms with Gasteiger partial charge in [-0.25, -0.2) is 0 Å². The first-order valence-electron chi connectivity index (χ1n) is 7.34. The molecule has 0 fully saturated rings. The van der Waals surface area contributed by atoms with Gasteiger partial charge in [-0.1, -0.05) is 0 Å². The molecular weight excluding hydrogens is 429 g/mol. The molecule has 1 radical (unpaired) electrons. The van der Waals surface area contributed by atoms with Crippen molar-refractivity contribution in [2.24, 2.45) is 0 Å². The average Bonchev–Trinajstić information content (AvgIpc) is 2.56. The zero-order valence-corrected chi connectivity index (χ0v) is 16.4. The van der Waals surface area contributed by atoms with Crippen molar-refractivity contribution in [1.29, 1.82) is 5.26 Å². The van der Waals surface area contributed by atoms with Crippen LogP contribution in [0, 0.1) is 11.3 Å². The second-order valence-corrected chi connectivity index (χ2v) is 8.47. The van der Waals surface area contributed by atoms with E-state index in [-0.39, 0.29) is 15.8 Å². The van der Waals surface area contributed by atoms with E-state index >= 15 is 0 Å². The van der Waals surface area contributed by atoms with E-state index in [4.69, 9.17) is 10.5 Å². The van der Waals surface area contributed by atoms with Crippen molar-refractivity contribution in [3.05, 3.63) is 52.6 Å². The zero-order chi connectivity index (χ0) is 17.1. The van der Waals surface area contributed by atoms with Crippen molar-refractivity contribution < 1.29 is 4.74 Å². The first-order valence-corrected chi connectivity index (χ1v) is 10.0. The molecule has 2 aromatic carbocycles. The second-order valence-electron chi connectivity index (χ2n) is 5.06. The number of halogens is 1. The molecule has 0 aliphatic heterocycles. The molecule has 4 nitrogen and oxygen atoms in total. The SMILES string of the molecule is CCOc1cc2ncc(C#N)c([As]c3cccc(Br)c3)c2cc1N. The minimum atomic E-state index is -0.365. The Balaban J connectivity index is 2.17. The maximum atomic E-state index is 9.48. The molecule has 0 unspecified atom stereocenters. The van der Waals surface area contributed by atoms with E-state index in [0.29, 0.717) is 23.6 Å². The van der Waals surface area contributed by atoms with Crippen LogP contribution in [0.2, 0.25) is 0 Å². The summed E-state index contributed by atoms with van der Waals surface area (Å²) in [7, 11) is 0. The number of hydrogen-bond acceptors (Lipinski definition) is 4. The second kappa shape index (κ2) is 7.25. The number of hydrogen-bond donors (Lipinski definition) is 1. The van der Waals surface area contributed by atoms with E-state index in [1.165, 1.54) is 4.35 Å². The van der Waals surface area contributed by atoms with Crippen molar-refractivity contribution in [2.75, 3.05) is 12.3 Å². The number of ether oxygens (including phenoxy) is 1. The first-order chi connectivity index (χ1) is 11.6. The van der Waals surface area contributed by atoms with Gasteiger partial charge in [0.1, 0.15) is 0 Å². The fraction of sp³-hybridized carbons (Fsp3) is 0.111. The fourth-order valence-electron chi connectivity index (χ4n) is 2.38.